The third-order valence-electron chi connectivity index (χ3n) is 2.93. The van der Waals surface area contributed by atoms with Gasteiger partial charge in [-0.15, -0.1) is 11.6 Å². The van der Waals surface area contributed by atoms with Crippen molar-refractivity contribution in [2.75, 3.05) is 0 Å². The molecular weight excluding hydrogens is 322 g/mol. The minimum atomic E-state index is -0.420. The number of fused-ring (bicyclic) bond motifs is 1. The first kappa shape index (κ1) is 13.7. The number of hydrogen-bond donors (Lipinski definition) is 0. The lowest BCUT2D eigenvalue weighted by Crippen LogP contribution is -1.99. The summed E-state index contributed by atoms with van der Waals surface area (Å²) in [5.41, 5.74) is 1.95. The van der Waals surface area contributed by atoms with Crippen LogP contribution in [0.3, 0.4) is 0 Å². The molecule has 0 radical (unpaired) electrons. The van der Waals surface area contributed by atoms with E-state index in [0.717, 1.165) is 5.52 Å². The van der Waals surface area contributed by atoms with E-state index in [1.165, 1.54) is 12.1 Å². The minimum Gasteiger partial charge on any atom is -0.295 e. The second kappa shape index (κ2) is 5.24. The van der Waals surface area contributed by atoms with Crippen LogP contribution in [-0.2, 0) is 5.88 Å². The molecule has 0 fully saturated rings. The number of para-hydroxylation sites is 1. The third kappa shape index (κ3) is 2.26. The summed E-state index contributed by atoms with van der Waals surface area (Å²) in [4.78, 5) is 4.40. The SMILES string of the molecule is Fc1cc(Cl)cc(-n2c(CCl)nc3c(Cl)cccc32)c1. The van der Waals surface area contributed by atoms with Crippen molar-refractivity contribution in [3.05, 3.63) is 58.1 Å². The molecule has 1 aromatic heterocycles. The highest BCUT2D eigenvalue weighted by Crippen LogP contribution is 2.29. The van der Waals surface area contributed by atoms with Gasteiger partial charge in [-0.1, -0.05) is 29.3 Å². The van der Waals surface area contributed by atoms with E-state index in [4.69, 9.17) is 34.8 Å². The fraction of sp³-hybridized carbons (Fsp3) is 0.0714. The van der Waals surface area contributed by atoms with Gasteiger partial charge in [-0.25, -0.2) is 9.37 Å². The van der Waals surface area contributed by atoms with Gasteiger partial charge in [0.25, 0.3) is 0 Å². The molecule has 0 amide bonds. The molecule has 0 spiro atoms. The molecule has 0 saturated heterocycles. The zero-order valence-corrected chi connectivity index (χ0v) is 12.3. The summed E-state index contributed by atoms with van der Waals surface area (Å²) >= 11 is 18.0. The van der Waals surface area contributed by atoms with Crippen LogP contribution < -0.4 is 0 Å². The Bertz CT molecular complexity index is 778. The fourth-order valence-corrected chi connectivity index (χ4v) is 2.77. The summed E-state index contributed by atoms with van der Waals surface area (Å²) in [6.45, 7) is 0. The highest BCUT2D eigenvalue weighted by atomic mass is 35.5. The molecule has 0 aliphatic heterocycles. The largest absolute Gasteiger partial charge is 0.295 e. The fourth-order valence-electron chi connectivity index (χ4n) is 2.16. The van der Waals surface area contributed by atoms with E-state index < -0.39 is 5.82 Å². The topological polar surface area (TPSA) is 17.8 Å². The highest BCUT2D eigenvalue weighted by Gasteiger charge is 2.14. The molecule has 0 unspecified atom stereocenters. The Morgan fingerprint density at radius 1 is 1.15 bits per heavy atom. The predicted octanol–water partition coefficient (Wildman–Crippen LogP) is 5.21. The van der Waals surface area contributed by atoms with Crippen LogP contribution in [0.5, 0.6) is 0 Å². The Morgan fingerprint density at radius 3 is 2.65 bits per heavy atom. The number of halogens is 4. The molecule has 3 rings (SSSR count). The monoisotopic (exact) mass is 328 g/mol. The van der Waals surface area contributed by atoms with Gasteiger partial charge in [0.1, 0.15) is 17.2 Å². The van der Waals surface area contributed by atoms with Crippen LogP contribution in [0.15, 0.2) is 36.4 Å². The summed E-state index contributed by atoms with van der Waals surface area (Å²) in [7, 11) is 0. The van der Waals surface area contributed by atoms with Gasteiger partial charge in [0.15, 0.2) is 0 Å². The van der Waals surface area contributed by atoms with Crippen LogP contribution in [0.1, 0.15) is 5.82 Å². The number of imidazole rings is 1. The lowest BCUT2D eigenvalue weighted by molar-refractivity contribution is 0.626. The van der Waals surface area contributed by atoms with E-state index in [-0.39, 0.29) is 5.88 Å². The first-order valence-electron chi connectivity index (χ1n) is 5.78. The van der Waals surface area contributed by atoms with Crippen LogP contribution in [0.4, 0.5) is 4.39 Å². The Labute approximate surface area is 129 Å². The van der Waals surface area contributed by atoms with Gasteiger partial charge in [-0.2, -0.15) is 0 Å². The molecule has 2 aromatic carbocycles. The van der Waals surface area contributed by atoms with Crippen molar-refractivity contribution in [1.82, 2.24) is 9.55 Å². The van der Waals surface area contributed by atoms with Gasteiger partial charge in [0.05, 0.1) is 22.1 Å². The Hall–Kier alpha value is -1.29. The molecule has 6 heteroatoms. The van der Waals surface area contributed by atoms with E-state index in [2.05, 4.69) is 4.98 Å². The number of benzene rings is 2. The Kier molecular flexibility index (Phi) is 3.59. The summed E-state index contributed by atoms with van der Waals surface area (Å²) in [6, 6.07) is 9.69. The average molecular weight is 330 g/mol. The molecule has 0 bridgehead atoms. The first-order valence-corrected chi connectivity index (χ1v) is 7.07. The van der Waals surface area contributed by atoms with Crippen LogP contribution in [0, 0.1) is 5.82 Å². The quantitative estimate of drug-likeness (QED) is 0.590. The summed E-state index contributed by atoms with van der Waals surface area (Å²) < 4.78 is 15.3. The standard InChI is InChI=1S/C14H8Cl3FN2/c15-7-13-19-14-11(17)2-1-3-12(14)20(13)10-5-8(16)4-9(18)6-10/h1-6H,7H2. The molecule has 3 aromatic rings. The molecule has 0 N–H and O–H groups in total. The van der Waals surface area contributed by atoms with Gasteiger partial charge < -0.3 is 0 Å². The van der Waals surface area contributed by atoms with Crippen molar-refractivity contribution in [2.45, 2.75) is 5.88 Å². The Balaban J connectivity index is 2.37. The maximum absolute atomic E-state index is 13.6. The van der Waals surface area contributed by atoms with Crippen molar-refractivity contribution >= 4 is 45.8 Å². The summed E-state index contributed by atoms with van der Waals surface area (Å²) in [6.07, 6.45) is 0. The molecule has 0 atom stereocenters. The maximum Gasteiger partial charge on any atom is 0.129 e. The Morgan fingerprint density at radius 2 is 1.95 bits per heavy atom. The van der Waals surface area contributed by atoms with E-state index in [1.54, 1.807) is 16.7 Å². The van der Waals surface area contributed by atoms with E-state index in [9.17, 15) is 4.39 Å². The molecule has 2 nitrogen and oxygen atoms in total. The van der Waals surface area contributed by atoms with Crippen LogP contribution in [-0.4, -0.2) is 9.55 Å². The molecule has 0 saturated carbocycles. The van der Waals surface area contributed by atoms with Crippen molar-refractivity contribution in [2.24, 2.45) is 0 Å². The molecule has 20 heavy (non-hydrogen) atoms. The van der Waals surface area contributed by atoms with Gasteiger partial charge in [0, 0.05) is 5.02 Å². The summed E-state index contributed by atoms with van der Waals surface area (Å²) in [5.74, 6) is 0.340. The van der Waals surface area contributed by atoms with Crippen LogP contribution >= 0.6 is 34.8 Å². The predicted molar refractivity (Wildman–Crippen MR) is 80.6 cm³/mol. The maximum atomic E-state index is 13.6. The zero-order valence-electron chi connectivity index (χ0n) is 10.1. The highest BCUT2D eigenvalue weighted by molar-refractivity contribution is 6.35. The van der Waals surface area contributed by atoms with Crippen LogP contribution in [0.25, 0.3) is 16.7 Å². The van der Waals surface area contributed by atoms with E-state index >= 15 is 0 Å². The molecule has 1 heterocycles. The van der Waals surface area contributed by atoms with Gasteiger partial charge in [0.2, 0.25) is 0 Å². The lowest BCUT2D eigenvalue weighted by Gasteiger charge is -2.08. The number of hydrogen-bond acceptors (Lipinski definition) is 1. The van der Waals surface area contributed by atoms with Crippen molar-refractivity contribution in [3.63, 3.8) is 0 Å². The second-order valence-corrected chi connectivity index (χ2v) is 5.34. The molecular formula is C14H8Cl3FN2. The number of nitrogens with zero attached hydrogens (tertiary/aromatic N) is 2. The normalized spacial score (nSPS) is 11.2. The van der Waals surface area contributed by atoms with Gasteiger partial charge in [-0.3, -0.25) is 4.57 Å². The van der Waals surface area contributed by atoms with Crippen molar-refractivity contribution < 1.29 is 4.39 Å². The minimum absolute atomic E-state index is 0.180. The zero-order chi connectivity index (χ0) is 14.3. The van der Waals surface area contributed by atoms with E-state index in [0.29, 0.717) is 27.1 Å². The molecule has 0 aliphatic carbocycles. The number of alkyl halides is 1. The lowest BCUT2D eigenvalue weighted by atomic mass is 10.2. The molecule has 0 aliphatic rings. The summed E-state index contributed by atoms with van der Waals surface area (Å²) in [5, 5.41) is 0.833. The van der Waals surface area contributed by atoms with Crippen LogP contribution in [0.2, 0.25) is 10.0 Å². The molecule has 102 valence electrons. The average Bonchev–Trinajstić information content (AvgIpc) is 2.77. The smallest absolute Gasteiger partial charge is 0.129 e. The number of aromatic nitrogens is 2. The first-order chi connectivity index (χ1) is 9.60. The van der Waals surface area contributed by atoms with E-state index in [1.807, 2.05) is 12.1 Å². The second-order valence-electron chi connectivity index (χ2n) is 4.23. The van der Waals surface area contributed by atoms with Crippen molar-refractivity contribution in [3.8, 4) is 5.69 Å². The van der Waals surface area contributed by atoms with Crippen molar-refractivity contribution in [1.29, 1.82) is 0 Å². The van der Waals surface area contributed by atoms with Gasteiger partial charge >= 0.3 is 0 Å². The number of rotatable bonds is 2. The van der Waals surface area contributed by atoms with Gasteiger partial charge in [-0.05, 0) is 30.3 Å². The third-order valence-corrected chi connectivity index (χ3v) is 3.69.